The van der Waals surface area contributed by atoms with E-state index in [9.17, 15) is 9.59 Å². The van der Waals surface area contributed by atoms with Gasteiger partial charge in [0.2, 0.25) is 0 Å². The number of aromatic nitrogens is 2. The third-order valence-electron chi connectivity index (χ3n) is 6.77. The molecule has 2 amide bonds. The summed E-state index contributed by atoms with van der Waals surface area (Å²) in [6.45, 7) is 7.10. The zero-order valence-corrected chi connectivity index (χ0v) is 18.1. The number of amides is 2. The van der Waals surface area contributed by atoms with Crippen LogP contribution in [0.15, 0.2) is 54.9 Å². The van der Waals surface area contributed by atoms with E-state index in [0.717, 1.165) is 52.6 Å². The highest BCUT2D eigenvalue weighted by molar-refractivity contribution is 6.50. The van der Waals surface area contributed by atoms with E-state index in [1.165, 1.54) is 5.56 Å². The average Bonchev–Trinajstić information content (AvgIpc) is 3.39. The van der Waals surface area contributed by atoms with Crippen LogP contribution in [-0.4, -0.2) is 38.9 Å². The molecule has 0 unspecified atom stereocenters. The van der Waals surface area contributed by atoms with Gasteiger partial charge in [-0.1, -0.05) is 36.4 Å². The smallest absolute Gasteiger partial charge is 0.259 e. The maximum atomic E-state index is 13.1. The Bertz CT molecular complexity index is 1450. The minimum Gasteiger partial charge on any atom is -0.361 e. The molecule has 0 spiro atoms. The first-order valence-electron chi connectivity index (χ1n) is 11.0. The standard InChI is InChI=1S/C26H24N4O2/c1-15(2)29-10-11-30-14-20(18-8-5-6-16(13-29)24(18)30)23-22(25(31)28-26(23)32)19-12-27-21-9-4-3-7-17(19)21/h3-9,12,14-15,27H,10-11,13H2,1-2H3,(H,28,31,32). The molecule has 6 rings (SSSR count). The van der Waals surface area contributed by atoms with Crippen molar-refractivity contribution in [3.63, 3.8) is 0 Å². The summed E-state index contributed by atoms with van der Waals surface area (Å²) in [4.78, 5) is 31.7. The van der Waals surface area contributed by atoms with Gasteiger partial charge in [-0.05, 0) is 25.5 Å². The Balaban J connectivity index is 1.61. The van der Waals surface area contributed by atoms with E-state index >= 15 is 0 Å². The predicted molar refractivity (Wildman–Crippen MR) is 126 cm³/mol. The SMILES string of the molecule is CC(C)N1CCn2cc(C3=C(c4c[nH]c5ccccc45)C(=O)NC3=O)c3cccc(c32)C1. The van der Waals surface area contributed by atoms with Gasteiger partial charge in [0.1, 0.15) is 0 Å². The molecule has 6 nitrogen and oxygen atoms in total. The molecule has 2 aromatic heterocycles. The Kier molecular flexibility index (Phi) is 4.13. The summed E-state index contributed by atoms with van der Waals surface area (Å²) >= 11 is 0. The summed E-state index contributed by atoms with van der Waals surface area (Å²) in [7, 11) is 0. The third-order valence-corrected chi connectivity index (χ3v) is 6.77. The molecule has 2 N–H and O–H groups in total. The number of H-pyrrole nitrogens is 1. The predicted octanol–water partition coefficient (Wildman–Crippen LogP) is 3.91. The number of carbonyl (C=O) groups is 2. The third kappa shape index (κ3) is 2.69. The van der Waals surface area contributed by atoms with E-state index in [1.54, 1.807) is 0 Å². The molecule has 32 heavy (non-hydrogen) atoms. The van der Waals surface area contributed by atoms with E-state index in [2.05, 4.69) is 58.0 Å². The molecular formula is C26H24N4O2. The topological polar surface area (TPSA) is 70.1 Å². The maximum absolute atomic E-state index is 13.1. The summed E-state index contributed by atoms with van der Waals surface area (Å²) < 4.78 is 2.25. The van der Waals surface area contributed by atoms with Crippen LogP contribution in [0.4, 0.5) is 0 Å². The lowest BCUT2D eigenvalue weighted by Crippen LogP contribution is -2.31. The van der Waals surface area contributed by atoms with Gasteiger partial charge >= 0.3 is 0 Å². The summed E-state index contributed by atoms with van der Waals surface area (Å²) in [5, 5.41) is 4.49. The van der Waals surface area contributed by atoms with Crippen LogP contribution in [0.1, 0.15) is 30.5 Å². The molecule has 0 saturated heterocycles. The molecule has 2 aliphatic heterocycles. The fourth-order valence-electron chi connectivity index (χ4n) is 5.16. The highest BCUT2D eigenvalue weighted by Crippen LogP contribution is 2.39. The molecule has 4 aromatic rings. The molecule has 0 aliphatic carbocycles. The zero-order valence-electron chi connectivity index (χ0n) is 18.1. The van der Waals surface area contributed by atoms with Crippen LogP contribution in [0.2, 0.25) is 0 Å². The fraction of sp³-hybridized carbons (Fsp3) is 0.231. The molecular weight excluding hydrogens is 400 g/mol. The monoisotopic (exact) mass is 424 g/mol. The number of imide groups is 1. The van der Waals surface area contributed by atoms with Gasteiger partial charge in [-0.3, -0.25) is 19.8 Å². The molecule has 2 aromatic carbocycles. The van der Waals surface area contributed by atoms with E-state index in [-0.39, 0.29) is 11.8 Å². The fourth-order valence-corrected chi connectivity index (χ4v) is 5.16. The quantitative estimate of drug-likeness (QED) is 0.490. The minimum atomic E-state index is -0.343. The van der Waals surface area contributed by atoms with E-state index < -0.39 is 0 Å². The Labute approximate surface area is 185 Å². The molecule has 0 bridgehead atoms. The van der Waals surface area contributed by atoms with Gasteiger partial charge in [-0.2, -0.15) is 0 Å². The second kappa shape index (κ2) is 6.93. The molecule has 0 radical (unpaired) electrons. The number of hydrogen-bond donors (Lipinski definition) is 2. The van der Waals surface area contributed by atoms with E-state index in [0.29, 0.717) is 17.2 Å². The molecule has 6 heteroatoms. The van der Waals surface area contributed by atoms with Crippen LogP contribution in [0.3, 0.4) is 0 Å². The van der Waals surface area contributed by atoms with Crippen molar-refractivity contribution in [2.45, 2.75) is 33.0 Å². The van der Waals surface area contributed by atoms with Crippen molar-refractivity contribution in [1.29, 1.82) is 0 Å². The van der Waals surface area contributed by atoms with Crippen molar-refractivity contribution >= 4 is 44.8 Å². The van der Waals surface area contributed by atoms with Crippen molar-refractivity contribution < 1.29 is 9.59 Å². The summed E-state index contributed by atoms with van der Waals surface area (Å²) in [6, 6.07) is 14.6. The van der Waals surface area contributed by atoms with Crippen LogP contribution >= 0.6 is 0 Å². The normalized spacial score (nSPS) is 17.1. The molecule has 0 atom stereocenters. The number of nitrogens with zero attached hydrogens (tertiary/aromatic N) is 2. The van der Waals surface area contributed by atoms with Crippen LogP contribution < -0.4 is 5.32 Å². The average molecular weight is 425 g/mol. The molecule has 4 heterocycles. The van der Waals surface area contributed by atoms with E-state index in [1.807, 2.05) is 30.5 Å². The van der Waals surface area contributed by atoms with Crippen LogP contribution in [-0.2, 0) is 22.7 Å². The summed E-state index contributed by atoms with van der Waals surface area (Å²) in [5.74, 6) is -0.675. The van der Waals surface area contributed by atoms with Gasteiger partial charge in [-0.15, -0.1) is 0 Å². The lowest BCUT2D eigenvalue weighted by atomic mass is 9.95. The van der Waals surface area contributed by atoms with Crippen molar-refractivity contribution in [2.24, 2.45) is 0 Å². The number of benzene rings is 2. The van der Waals surface area contributed by atoms with Crippen LogP contribution in [0, 0.1) is 0 Å². The number of carbonyl (C=O) groups excluding carboxylic acids is 2. The first kappa shape index (κ1) is 19.1. The van der Waals surface area contributed by atoms with Gasteiger partial charge in [0.05, 0.1) is 16.7 Å². The zero-order chi connectivity index (χ0) is 22.0. The van der Waals surface area contributed by atoms with Gasteiger partial charge in [-0.25, -0.2) is 0 Å². The van der Waals surface area contributed by atoms with Crippen molar-refractivity contribution in [3.8, 4) is 0 Å². The largest absolute Gasteiger partial charge is 0.361 e. The first-order chi connectivity index (χ1) is 15.5. The van der Waals surface area contributed by atoms with Crippen molar-refractivity contribution in [1.82, 2.24) is 19.8 Å². The molecule has 0 saturated carbocycles. The maximum Gasteiger partial charge on any atom is 0.259 e. The number of aromatic amines is 1. The van der Waals surface area contributed by atoms with Crippen molar-refractivity contribution in [3.05, 3.63) is 71.5 Å². The van der Waals surface area contributed by atoms with E-state index in [4.69, 9.17) is 0 Å². The number of fused-ring (bicyclic) bond motifs is 1. The Morgan fingerprint density at radius 3 is 2.44 bits per heavy atom. The van der Waals surface area contributed by atoms with Crippen molar-refractivity contribution in [2.75, 3.05) is 6.54 Å². The number of hydrogen-bond acceptors (Lipinski definition) is 3. The van der Waals surface area contributed by atoms with Crippen LogP contribution in [0.25, 0.3) is 33.0 Å². The summed E-state index contributed by atoms with van der Waals surface area (Å²) in [5.41, 5.74) is 5.83. The number of nitrogens with one attached hydrogen (secondary N) is 2. The molecule has 160 valence electrons. The Morgan fingerprint density at radius 1 is 0.875 bits per heavy atom. The highest BCUT2D eigenvalue weighted by Gasteiger charge is 2.35. The van der Waals surface area contributed by atoms with Gasteiger partial charge in [0.25, 0.3) is 11.8 Å². The number of rotatable bonds is 3. The Morgan fingerprint density at radius 2 is 1.62 bits per heavy atom. The lowest BCUT2D eigenvalue weighted by molar-refractivity contribution is -0.122. The second-order valence-electron chi connectivity index (χ2n) is 8.89. The second-order valence-corrected chi connectivity index (χ2v) is 8.89. The molecule has 2 aliphatic rings. The van der Waals surface area contributed by atoms with Crippen LogP contribution in [0.5, 0.6) is 0 Å². The van der Waals surface area contributed by atoms with Gasteiger partial charge in [0.15, 0.2) is 0 Å². The summed E-state index contributed by atoms with van der Waals surface area (Å²) in [6.07, 6.45) is 3.88. The Hall–Kier alpha value is -3.64. The number of para-hydroxylation sites is 2. The van der Waals surface area contributed by atoms with Gasteiger partial charge < -0.3 is 9.55 Å². The molecule has 0 fully saturated rings. The first-order valence-corrected chi connectivity index (χ1v) is 11.0. The van der Waals surface area contributed by atoms with Gasteiger partial charge in [0, 0.05) is 65.5 Å². The highest BCUT2D eigenvalue weighted by atomic mass is 16.2. The minimum absolute atomic E-state index is 0.333. The lowest BCUT2D eigenvalue weighted by Gasteiger charge is -2.24.